The van der Waals surface area contributed by atoms with Crippen LogP contribution in [0, 0.1) is 0 Å². The van der Waals surface area contributed by atoms with Gasteiger partial charge in [-0.25, -0.2) is 4.98 Å². The Labute approximate surface area is 161 Å². The molecule has 0 unspecified atom stereocenters. The van der Waals surface area contributed by atoms with E-state index in [2.05, 4.69) is 20.6 Å². The topological polar surface area (TPSA) is 101 Å². The van der Waals surface area contributed by atoms with Crippen LogP contribution in [0.2, 0.25) is 0 Å². The minimum absolute atomic E-state index is 0.0509. The second-order valence-corrected chi connectivity index (χ2v) is 6.03. The van der Waals surface area contributed by atoms with Gasteiger partial charge in [0.1, 0.15) is 11.4 Å². The number of pyridine rings is 2. The van der Waals surface area contributed by atoms with Crippen LogP contribution in [0.4, 0.5) is 5.69 Å². The molecule has 28 heavy (non-hydrogen) atoms. The van der Waals surface area contributed by atoms with E-state index < -0.39 is 5.91 Å². The SMILES string of the molecule is CC(=O)c1ccc(NC(=O)c2cccc(C(=O)NCc3ccncc3)n2)cc1. The van der Waals surface area contributed by atoms with Crippen molar-refractivity contribution in [3.05, 3.63) is 89.5 Å². The van der Waals surface area contributed by atoms with E-state index in [-0.39, 0.29) is 23.1 Å². The fraction of sp³-hybridized carbons (Fsp3) is 0.0952. The maximum Gasteiger partial charge on any atom is 0.274 e. The van der Waals surface area contributed by atoms with Crippen LogP contribution in [0.25, 0.3) is 0 Å². The van der Waals surface area contributed by atoms with Crippen molar-refractivity contribution in [3.8, 4) is 0 Å². The smallest absolute Gasteiger partial charge is 0.274 e. The molecule has 0 bridgehead atoms. The van der Waals surface area contributed by atoms with Gasteiger partial charge < -0.3 is 10.6 Å². The van der Waals surface area contributed by atoms with E-state index in [0.717, 1.165) is 5.56 Å². The molecule has 0 radical (unpaired) electrons. The van der Waals surface area contributed by atoms with Crippen molar-refractivity contribution < 1.29 is 14.4 Å². The van der Waals surface area contributed by atoms with Crippen molar-refractivity contribution in [1.82, 2.24) is 15.3 Å². The van der Waals surface area contributed by atoms with E-state index in [4.69, 9.17) is 0 Å². The molecule has 3 aromatic rings. The highest BCUT2D eigenvalue weighted by Crippen LogP contribution is 2.12. The summed E-state index contributed by atoms with van der Waals surface area (Å²) in [5, 5.41) is 5.45. The van der Waals surface area contributed by atoms with Crippen molar-refractivity contribution in [2.24, 2.45) is 0 Å². The molecule has 7 nitrogen and oxygen atoms in total. The number of hydrogen-bond donors (Lipinski definition) is 2. The van der Waals surface area contributed by atoms with E-state index >= 15 is 0 Å². The number of nitrogens with one attached hydrogen (secondary N) is 2. The van der Waals surface area contributed by atoms with Crippen molar-refractivity contribution in [2.45, 2.75) is 13.5 Å². The number of benzene rings is 1. The summed E-state index contributed by atoms with van der Waals surface area (Å²) >= 11 is 0. The predicted octanol–water partition coefficient (Wildman–Crippen LogP) is 2.86. The van der Waals surface area contributed by atoms with Gasteiger partial charge in [-0.1, -0.05) is 6.07 Å². The van der Waals surface area contributed by atoms with Crippen LogP contribution in [0.3, 0.4) is 0 Å². The minimum Gasteiger partial charge on any atom is -0.347 e. The molecular weight excluding hydrogens is 356 g/mol. The van der Waals surface area contributed by atoms with Gasteiger partial charge in [0.25, 0.3) is 11.8 Å². The van der Waals surface area contributed by atoms with Crippen molar-refractivity contribution >= 4 is 23.3 Å². The van der Waals surface area contributed by atoms with Crippen LogP contribution in [-0.4, -0.2) is 27.6 Å². The van der Waals surface area contributed by atoms with Crippen LogP contribution >= 0.6 is 0 Å². The number of carbonyl (C=O) groups is 3. The molecule has 0 aliphatic carbocycles. The van der Waals surface area contributed by atoms with Crippen LogP contribution in [0.15, 0.2) is 67.0 Å². The van der Waals surface area contributed by atoms with Gasteiger partial charge in [0.05, 0.1) is 0 Å². The predicted molar refractivity (Wildman–Crippen MR) is 104 cm³/mol. The highest BCUT2D eigenvalue weighted by molar-refractivity contribution is 6.04. The van der Waals surface area contributed by atoms with Gasteiger partial charge in [-0.3, -0.25) is 19.4 Å². The third-order valence-electron chi connectivity index (χ3n) is 3.97. The molecule has 7 heteroatoms. The molecular formula is C21H18N4O3. The maximum absolute atomic E-state index is 12.4. The Morgan fingerprint density at radius 1 is 0.857 bits per heavy atom. The first kappa shape index (κ1) is 18.9. The summed E-state index contributed by atoms with van der Waals surface area (Å²) in [4.78, 5) is 44.1. The van der Waals surface area contributed by atoms with Crippen LogP contribution < -0.4 is 10.6 Å². The standard InChI is InChI=1S/C21H18N4O3/c1-14(26)16-5-7-17(8-6-16)24-21(28)19-4-2-3-18(25-19)20(27)23-13-15-9-11-22-12-10-15/h2-12H,13H2,1H3,(H,23,27)(H,24,28). The van der Waals surface area contributed by atoms with Gasteiger partial charge in [-0.2, -0.15) is 0 Å². The summed E-state index contributed by atoms with van der Waals surface area (Å²) in [5.41, 5.74) is 2.26. The number of rotatable bonds is 6. The normalized spacial score (nSPS) is 10.2. The average molecular weight is 374 g/mol. The van der Waals surface area contributed by atoms with Gasteiger partial charge >= 0.3 is 0 Å². The fourth-order valence-electron chi connectivity index (χ4n) is 2.44. The highest BCUT2D eigenvalue weighted by Gasteiger charge is 2.13. The Morgan fingerprint density at radius 2 is 1.50 bits per heavy atom. The average Bonchev–Trinajstić information content (AvgIpc) is 2.73. The molecule has 2 amide bonds. The molecule has 2 N–H and O–H groups in total. The Kier molecular flexibility index (Phi) is 5.86. The zero-order valence-electron chi connectivity index (χ0n) is 15.2. The molecule has 140 valence electrons. The largest absolute Gasteiger partial charge is 0.347 e. The molecule has 0 spiro atoms. The number of anilines is 1. The van der Waals surface area contributed by atoms with E-state index in [0.29, 0.717) is 17.8 Å². The Morgan fingerprint density at radius 3 is 2.14 bits per heavy atom. The summed E-state index contributed by atoms with van der Waals surface area (Å²) in [7, 11) is 0. The second kappa shape index (κ2) is 8.68. The minimum atomic E-state index is -0.445. The summed E-state index contributed by atoms with van der Waals surface area (Å²) in [5.74, 6) is -0.873. The zero-order valence-corrected chi connectivity index (χ0v) is 15.2. The first-order valence-corrected chi connectivity index (χ1v) is 8.59. The molecule has 1 aromatic carbocycles. The van der Waals surface area contributed by atoms with Crippen molar-refractivity contribution in [3.63, 3.8) is 0 Å². The Bertz CT molecular complexity index is 1000. The number of Topliss-reactive ketones (excluding diaryl/α,β-unsaturated/α-hetero) is 1. The summed E-state index contributed by atoms with van der Waals surface area (Å²) in [6.07, 6.45) is 3.29. The fourth-order valence-corrected chi connectivity index (χ4v) is 2.44. The van der Waals surface area contributed by atoms with Crippen LogP contribution in [-0.2, 0) is 6.54 Å². The monoisotopic (exact) mass is 374 g/mol. The van der Waals surface area contributed by atoms with Gasteiger partial charge in [0, 0.05) is 30.2 Å². The van der Waals surface area contributed by atoms with Crippen molar-refractivity contribution in [1.29, 1.82) is 0 Å². The summed E-state index contributed by atoms with van der Waals surface area (Å²) in [6.45, 7) is 1.81. The quantitative estimate of drug-likeness (QED) is 0.646. The number of hydrogen-bond acceptors (Lipinski definition) is 5. The lowest BCUT2D eigenvalue weighted by atomic mass is 10.1. The van der Waals surface area contributed by atoms with Gasteiger partial charge in [-0.05, 0) is 61.0 Å². The van der Waals surface area contributed by atoms with Crippen molar-refractivity contribution in [2.75, 3.05) is 5.32 Å². The third-order valence-corrected chi connectivity index (χ3v) is 3.97. The zero-order chi connectivity index (χ0) is 19.9. The maximum atomic E-state index is 12.4. The van der Waals surface area contributed by atoms with E-state index in [1.54, 1.807) is 60.9 Å². The molecule has 2 heterocycles. The molecule has 0 aliphatic rings. The molecule has 0 aliphatic heterocycles. The lowest BCUT2D eigenvalue weighted by molar-refractivity contribution is 0.0944. The van der Waals surface area contributed by atoms with E-state index in [1.807, 2.05) is 0 Å². The molecule has 0 atom stereocenters. The Hall–Kier alpha value is -3.87. The van der Waals surface area contributed by atoms with Gasteiger partial charge in [0.15, 0.2) is 5.78 Å². The van der Waals surface area contributed by atoms with Gasteiger partial charge in [-0.15, -0.1) is 0 Å². The number of aromatic nitrogens is 2. The van der Waals surface area contributed by atoms with E-state index in [1.165, 1.54) is 13.0 Å². The first-order chi connectivity index (χ1) is 13.5. The van der Waals surface area contributed by atoms with E-state index in [9.17, 15) is 14.4 Å². The highest BCUT2D eigenvalue weighted by atomic mass is 16.2. The molecule has 2 aromatic heterocycles. The second-order valence-electron chi connectivity index (χ2n) is 6.03. The first-order valence-electron chi connectivity index (χ1n) is 8.59. The third kappa shape index (κ3) is 4.85. The number of carbonyl (C=O) groups excluding carboxylic acids is 3. The van der Waals surface area contributed by atoms with Gasteiger partial charge in [0.2, 0.25) is 0 Å². The lowest BCUT2D eigenvalue weighted by Gasteiger charge is -2.08. The summed E-state index contributed by atoms with van der Waals surface area (Å²) < 4.78 is 0. The molecule has 3 rings (SSSR count). The number of nitrogens with zero attached hydrogens (tertiary/aromatic N) is 2. The number of amides is 2. The summed E-state index contributed by atoms with van der Waals surface area (Å²) in [6, 6.07) is 14.8. The molecule has 0 fully saturated rings. The van der Waals surface area contributed by atoms with Crippen LogP contribution in [0.5, 0.6) is 0 Å². The Balaban J connectivity index is 1.65. The molecule has 0 saturated carbocycles. The molecule has 0 saturated heterocycles. The number of ketones is 1. The van der Waals surface area contributed by atoms with Crippen LogP contribution in [0.1, 0.15) is 43.8 Å². The lowest BCUT2D eigenvalue weighted by Crippen LogP contribution is -2.25.